The molecule has 9 heteroatoms. The van der Waals surface area contributed by atoms with Crippen LogP contribution in [0.4, 0.5) is 0 Å². The maximum absolute atomic E-state index is 13.9. The van der Waals surface area contributed by atoms with Crippen LogP contribution in [-0.2, 0) is 16.1 Å². The second-order valence-electron chi connectivity index (χ2n) is 9.91. The number of benzene rings is 2. The molecule has 0 unspecified atom stereocenters. The van der Waals surface area contributed by atoms with Crippen LogP contribution in [0, 0.1) is 6.92 Å². The summed E-state index contributed by atoms with van der Waals surface area (Å²) in [6.45, 7) is 3.13. The fraction of sp³-hybridized carbons (Fsp3) is 0.333. The minimum Gasteiger partial charge on any atom is -0.497 e. The minimum absolute atomic E-state index is 0.0862. The van der Waals surface area contributed by atoms with Crippen molar-refractivity contribution in [2.75, 3.05) is 26.8 Å². The van der Waals surface area contributed by atoms with E-state index in [0.29, 0.717) is 49.4 Å². The van der Waals surface area contributed by atoms with Gasteiger partial charge in [-0.25, -0.2) is 0 Å². The Morgan fingerprint density at radius 1 is 1.00 bits per heavy atom. The number of aryl methyl sites for hydroxylation is 1. The maximum Gasteiger partial charge on any atom is 0.256 e. The largest absolute Gasteiger partial charge is 0.497 e. The van der Waals surface area contributed by atoms with Gasteiger partial charge in [0.1, 0.15) is 17.5 Å². The number of carbonyl (C=O) groups excluding carboxylic acids is 3. The Bertz CT molecular complexity index is 1320. The summed E-state index contributed by atoms with van der Waals surface area (Å²) < 4.78 is 11.5. The van der Waals surface area contributed by atoms with Crippen molar-refractivity contribution in [2.45, 2.75) is 38.1 Å². The highest BCUT2D eigenvalue weighted by atomic mass is 16.5. The molecule has 0 aliphatic carbocycles. The van der Waals surface area contributed by atoms with Crippen molar-refractivity contribution in [1.29, 1.82) is 0 Å². The SMILES string of the molecule is COc1ccc(C(=O)N2CCC3(CC2)OC[C@H](C(=O)NCc2cccnc2)N3C(=O)c2ccc(C)cc2)cc1. The van der Waals surface area contributed by atoms with E-state index in [2.05, 4.69) is 10.3 Å². The molecule has 2 saturated heterocycles. The molecule has 3 heterocycles. The van der Waals surface area contributed by atoms with Crippen LogP contribution in [0.5, 0.6) is 5.75 Å². The van der Waals surface area contributed by atoms with Gasteiger partial charge in [0.2, 0.25) is 5.91 Å². The summed E-state index contributed by atoms with van der Waals surface area (Å²) in [5.74, 6) is 0.0474. The van der Waals surface area contributed by atoms with Crippen LogP contribution in [0.2, 0.25) is 0 Å². The number of ether oxygens (including phenoxy) is 2. The number of nitrogens with one attached hydrogen (secondary N) is 1. The Labute approximate surface area is 227 Å². The molecule has 1 aromatic heterocycles. The average Bonchev–Trinajstić information content (AvgIpc) is 3.35. The molecule has 2 aromatic carbocycles. The molecule has 9 nitrogen and oxygen atoms in total. The molecule has 0 radical (unpaired) electrons. The predicted molar refractivity (Wildman–Crippen MR) is 144 cm³/mol. The molecule has 1 atom stereocenters. The number of likely N-dealkylation sites (tertiary alicyclic amines) is 1. The van der Waals surface area contributed by atoms with Crippen LogP contribution >= 0.6 is 0 Å². The summed E-state index contributed by atoms with van der Waals surface area (Å²) in [4.78, 5) is 47.9. The maximum atomic E-state index is 13.9. The third-order valence-corrected chi connectivity index (χ3v) is 7.44. The van der Waals surface area contributed by atoms with E-state index < -0.39 is 11.8 Å². The fourth-order valence-corrected chi connectivity index (χ4v) is 5.19. The molecule has 2 fully saturated rings. The summed E-state index contributed by atoms with van der Waals surface area (Å²) in [5, 5.41) is 2.94. The van der Waals surface area contributed by atoms with Gasteiger partial charge in [0, 0.05) is 56.0 Å². The monoisotopic (exact) mass is 528 g/mol. The molecule has 2 aliphatic rings. The average molecular weight is 529 g/mol. The number of hydrogen-bond donors (Lipinski definition) is 1. The van der Waals surface area contributed by atoms with Crippen molar-refractivity contribution in [3.8, 4) is 5.75 Å². The van der Waals surface area contributed by atoms with Gasteiger partial charge >= 0.3 is 0 Å². The van der Waals surface area contributed by atoms with Crippen LogP contribution in [0.25, 0.3) is 0 Å². The van der Waals surface area contributed by atoms with Gasteiger partial charge in [0.05, 0.1) is 13.7 Å². The van der Waals surface area contributed by atoms with Gasteiger partial charge in [-0.3, -0.25) is 24.3 Å². The normalized spacial score (nSPS) is 18.2. The van der Waals surface area contributed by atoms with Crippen LogP contribution in [0.1, 0.15) is 44.7 Å². The number of nitrogens with zero attached hydrogens (tertiary/aromatic N) is 3. The van der Waals surface area contributed by atoms with Gasteiger partial charge in [0.25, 0.3) is 11.8 Å². The zero-order valence-corrected chi connectivity index (χ0v) is 22.1. The zero-order valence-electron chi connectivity index (χ0n) is 22.1. The van der Waals surface area contributed by atoms with Gasteiger partial charge in [-0.15, -0.1) is 0 Å². The predicted octanol–water partition coefficient (Wildman–Crippen LogP) is 3.19. The van der Waals surface area contributed by atoms with Crippen LogP contribution in [0.3, 0.4) is 0 Å². The number of carbonyl (C=O) groups is 3. The molecule has 3 aromatic rings. The molecule has 0 saturated carbocycles. The Morgan fingerprint density at radius 2 is 1.67 bits per heavy atom. The highest BCUT2D eigenvalue weighted by Crippen LogP contribution is 2.39. The van der Waals surface area contributed by atoms with E-state index in [1.165, 1.54) is 0 Å². The van der Waals surface area contributed by atoms with Crippen LogP contribution in [0.15, 0.2) is 73.1 Å². The highest BCUT2D eigenvalue weighted by Gasteiger charge is 2.54. The van der Waals surface area contributed by atoms with E-state index in [4.69, 9.17) is 9.47 Å². The van der Waals surface area contributed by atoms with Crippen LogP contribution in [-0.4, -0.2) is 71.1 Å². The second-order valence-corrected chi connectivity index (χ2v) is 9.91. The van der Waals surface area contributed by atoms with E-state index in [-0.39, 0.29) is 24.3 Å². The van der Waals surface area contributed by atoms with E-state index >= 15 is 0 Å². The van der Waals surface area contributed by atoms with Crippen molar-refractivity contribution >= 4 is 17.7 Å². The molecule has 0 bridgehead atoms. The van der Waals surface area contributed by atoms with E-state index in [1.807, 2.05) is 31.2 Å². The molecular formula is C30H32N4O5. The number of amides is 3. The summed E-state index contributed by atoms with van der Waals surface area (Å²) in [6, 6.07) is 17.2. The topological polar surface area (TPSA) is 101 Å². The van der Waals surface area contributed by atoms with Gasteiger partial charge in [0.15, 0.2) is 0 Å². The molecule has 5 rings (SSSR count). The number of piperidine rings is 1. The highest BCUT2D eigenvalue weighted by molar-refractivity contribution is 5.98. The molecule has 2 aliphatic heterocycles. The lowest BCUT2D eigenvalue weighted by molar-refractivity contribution is -0.128. The first-order valence-corrected chi connectivity index (χ1v) is 13.0. The van der Waals surface area contributed by atoms with Gasteiger partial charge in [-0.1, -0.05) is 23.8 Å². The Morgan fingerprint density at radius 3 is 2.31 bits per heavy atom. The van der Waals surface area contributed by atoms with Crippen molar-refractivity contribution in [3.05, 3.63) is 95.3 Å². The molecule has 1 N–H and O–H groups in total. The number of methoxy groups -OCH3 is 1. The molecular weight excluding hydrogens is 496 g/mol. The lowest BCUT2D eigenvalue weighted by atomic mass is 9.96. The van der Waals surface area contributed by atoms with Crippen molar-refractivity contribution in [1.82, 2.24) is 20.1 Å². The van der Waals surface area contributed by atoms with Crippen molar-refractivity contribution in [2.24, 2.45) is 0 Å². The fourth-order valence-electron chi connectivity index (χ4n) is 5.19. The Kier molecular flexibility index (Phi) is 7.60. The summed E-state index contributed by atoms with van der Waals surface area (Å²) in [6.07, 6.45) is 4.17. The number of pyridine rings is 1. The van der Waals surface area contributed by atoms with Gasteiger partial charge in [-0.2, -0.15) is 0 Å². The van der Waals surface area contributed by atoms with E-state index in [1.54, 1.807) is 65.7 Å². The first kappa shape index (κ1) is 26.4. The van der Waals surface area contributed by atoms with Crippen molar-refractivity contribution < 1.29 is 23.9 Å². The standard InChI is InChI=1S/C30H32N4O5/c1-21-5-7-24(8-6-21)29(37)34-26(27(35)32-19-22-4-3-15-31-18-22)20-39-30(34)13-16-33(17-14-30)28(36)23-9-11-25(38-2)12-10-23/h3-12,15,18,26H,13-14,16-17,19-20H2,1-2H3,(H,32,35)/t26-/m1/s1. The van der Waals surface area contributed by atoms with Gasteiger partial charge < -0.3 is 19.7 Å². The summed E-state index contributed by atoms with van der Waals surface area (Å²) in [7, 11) is 1.58. The smallest absolute Gasteiger partial charge is 0.256 e. The lowest BCUT2D eigenvalue weighted by Gasteiger charge is -2.44. The molecule has 39 heavy (non-hydrogen) atoms. The molecule has 202 valence electrons. The summed E-state index contributed by atoms with van der Waals surface area (Å²) in [5.41, 5.74) is 1.98. The van der Waals surface area contributed by atoms with E-state index in [0.717, 1.165) is 11.1 Å². The molecule has 1 spiro atoms. The number of rotatable bonds is 6. The Hall–Kier alpha value is -4.24. The Balaban J connectivity index is 1.34. The summed E-state index contributed by atoms with van der Waals surface area (Å²) >= 11 is 0. The zero-order chi connectivity index (χ0) is 27.4. The third kappa shape index (κ3) is 5.49. The first-order chi connectivity index (χ1) is 18.9. The minimum atomic E-state index is -0.977. The first-order valence-electron chi connectivity index (χ1n) is 13.0. The van der Waals surface area contributed by atoms with Crippen molar-refractivity contribution in [3.63, 3.8) is 0 Å². The molecule has 3 amide bonds. The number of hydrogen-bond acceptors (Lipinski definition) is 6. The van der Waals surface area contributed by atoms with E-state index in [9.17, 15) is 14.4 Å². The lowest BCUT2D eigenvalue weighted by Crippen LogP contribution is -2.59. The third-order valence-electron chi connectivity index (χ3n) is 7.44. The quantitative estimate of drug-likeness (QED) is 0.528. The van der Waals surface area contributed by atoms with Crippen LogP contribution < -0.4 is 10.1 Å². The van der Waals surface area contributed by atoms with Gasteiger partial charge in [-0.05, 0) is 55.0 Å². The second kappa shape index (κ2) is 11.2. The number of aromatic nitrogens is 1.